The first-order chi connectivity index (χ1) is 6.99. The Labute approximate surface area is 97.2 Å². The molecule has 0 aromatic heterocycles. The minimum atomic E-state index is -1.76. The van der Waals surface area contributed by atoms with Crippen molar-refractivity contribution in [2.24, 2.45) is 0 Å². The monoisotopic (exact) mass is 298 g/mol. The molecule has 6 nitrogen and oxygen atoms in total. The van der Waals surface area contributed by atoms with E-state index >= 15 is 0 Å². The van der Waals surface area contributed by atoms with Crippen molar-refractivity contribution in [1.29, 1.82) is 0 Å². The Bertz CT molecular complexity index is 200. The number of carbonyl (C=O) groups is 2. The number of aliphatic hydroxyl groups is 2. The van der Waals surface area contributed by atoms with E-state index in [4.69, 9.17) is 17.8 Å². The first kappa shape index (κ1) is 14.9. The van der Waals surface area contributed by atoms with Crippen molar-refractivity contribution in [3.63, 3.8) is 0 Å². The van der Waals surface area contributed by atoms with Gasteiger partial charge in [-0.2, -0.15) is 0 Å². The zero-order valence-corrected chi connectivity index (χ0v) is 11.0. The van der Waals surface area contributed by atoms with Crippen LogP contribution in [-0.4, -0.2) is 33.1 Å². The van der Waals surface area contributed by atoms with Gasteiger partial charge in [0, 0.05) is 0 Å². The topological polar surface area (TPSA) is 93.1 Å². The van der Waals surface area contributed by atoms with Crippen LogP contribution in [0.3, 0.4) is 0 Å². The minimum absolute atomic E-state index is 0.165. The van der Waals surface area contributed by atoms with Crippen LogP contribution in [0.4, 0.5) is 0 Å². The molecular weight excluding hydrogens is 284 g/mol. The van der Waals surface area contributed by atoms with Gasteiger partial charge in [-0.25, -0.2) is 0 Å². The number of aliphatic hydroxyl groups excluding tert-OH is 2. The molecule has 0 amide bonds. The molecule has 0 saturated heterocycles. The van der Waals surface area contributed by atoms with Crippen LogP contribution in [0.1, 0.15) is 6.42 Å². The van der Waals surface area contributed by atoms with Crippen molar-refractivity contribution >= 4 is 11.9 Å². The average Bonchev–Trinajstić information content (AvgIpc) is 2.16. The summed E-state index contributed by atoms with van der Waals surface area (Å²) in [7, 11) is 0. The Morgan fingerprint density at radius 3 is 1.60 bits per heavy atom. The second-order valence-corrected chi connectivity index (χ2v) is 7.40. The van der Waals surface area contributed by atoms with E-state index in [0.717, 1.165) is 0 Å². The predicted molar refractivity (Wildman–Crippen MR) is 42.7 cm³/mol. The van der Waals surface area contributed by atoms with Crippen molar-refractivity contribution in [2.45, 2.75) is 18.0 Å². The van der Waals surface area contributed by atoms with Crippen LogP contribution >= 0.6 is 0 Å². The fourth-order valence-electron chi connectivity index (χ4n) is 0.547. The Kier molecular flexibility index (Phi) is 8.08. The molecule has 0 aromatic carbocycles. The SMILES string of the molecule is [CH3][Cr]([CH2]O)[O]C(=O)CC(=O)[O][Cr]([CH3])[CH2]O. The molecule has 0 atom stereocenters. The van der Waals surface area contributed by atoms with Gasteiger partial charge in [0.25, 0.3) is 0 Å². The van der Waals surface area contributed by atoms with Gasteiger partial charge in [0.15, 0.2) is 0 Å². The first-order valence-corrected chi connectivity index (χ1v) is 9.28. The molecule has 0 radical (unpaired) electrons. The fourth-order valence-corrected chi connectivity index (χ4v) is 1.89. The molecule has 0 unspecified atom stereocenters. The molecule has 0 aromatic rings. The summed E-state index contributed by atoms with van der Waals surface area (Å²) in [5.41, 5.74) is -0.330. The molecule has 0 spiro atoms. The second-order valence-electron chi connectivity index (χ2n) is 2.49. The summed E-state index contributed by atoms with van der Waals surface area (Å²) >= 11 is -3.51. The summed E-state index contributed by atoms with van der Waals surface area (Å²) in [5, 5.41) is 17.3. The number of carbonyl (C=O) groups excluding carboxylic acids is 2. The second kappa shape index (κ2) is 8.12. The van der Waals surface area contributed by atoms with Gasteiger partial charge >= 0.3 is 97.2 Å². The Morgan fingerprint density at radius 2 is 1.33 bits per heavy atom. The van der Waals surface area contributed by atoms with Gasteiger partial charge in [-0.3, -0.25) is 0 Å². The fraction of sp³-hybridized carbons (Fsp3) is 0.714. The molecule has 90 valence electrons. The van der Waals surface area contributed by atoms with Gasteiger partial charge in [-0.05, 0) is 0 Å². The number of rotatable bonds is 6. The van der Waals surface area contributed by atoms with Crippen molar-refractivity contribution in [1.82, 2.24) is 0 Å². The first-order valence-electron chi connectivity index (χ1n) is 3.88. The van der Waals surface area contributed by atoms with Crippen LogP contribution < -0.4 is 0 Å². The maximum atomic E-state index is 11.0. The van der Waals surface area contributed by atoms with E-state index in [1.54, 1.807) is 11.6 Å². The van der Waals surface area contributed by atoms with E-state index in [1.165, 1.54) is 0 Å². The zero-order chi connectivity index (χ0) is 11.8. The van der Waals surface area contributed by atoms with E-state index in [0.29, 0.717) is 0 Å². The van der Waals surface area contributed by atoms with Gasteiger partial charge in [0.2, 0.25) is 0 Å². The number of hydrogen-bond acceptors (Lipinski definition) is 6. The molecule has 15 heavy (non-hydrogen) atoms. The predicted octanol–water partition coefficient (Wildman–Crippen LogP) is -0.475. The molecule has 0 heterocycles. The summed E-state index contributed by atoms with van der Waals surface area (Å²) in [6.07, 6.45) is -0.457. The normalized spacial score (nSPS) is 10.5. The molecule has 8 heteroatoms. The Balaban J connectivity index is 3.81. The third kappa shape index (κ3) is 7.81. The van der Waals surface area contributed by atoms with Crippen molar-refractivity contribution in [3.05, 3.63) is 0 Å². The third-order valence-corrected chi connectivity index (χ3v) is 3.73. The van der Waals surface area contributed by atoms with Crippen LogP contribution in [0.2, 0.25) is 11.6 Å². The van der Waals surface area contributed by atoms with Crippen LogP contribution in [-0.2, 0) is 46.1 Å². The van der Waals surface area contributed by atoms with Gasteiger partial charge in [-0.1, -0.05) is 0 Å². The molecule has 0 aliphatic heterocycles. The van der Waals surface area contributed by atoms with Crippen LogP contribution in [0.25, 0.3) is 0 Å². The zero-order valence-electron chi connectivity index (χ0n) is 8.47. The summed E-state index contributed by atoms with van der Waals surface area (Å²) in [6, 6.07) is 0. The van der Waals surface area contributed by atoms with Gasteiger partial charge in [0.1, 0.15) is 0 Å². The van der Waals surface area contributed by atoms with Crippen LogP contribution in [0.5, 0.6) is 0 Å². The van der Waals surface area contributed by atoms with E-state index in [9.17, 15) is 9.59 Å². The average molecular weight is 298 g/mol. The summed E-state index contributed by atoms with van der Waals surface area (Å²) in [5.74, 6) is 1.90. The summed E-state index contributed by atoms with van der Waals surface area (Å²) < 4.78 is 9.54. The quantitative estimate of drug-likeness (QED) is 0.644. The molecule has 0 aliphatic carbocycles. The molecule has 2 N–H and O–H groups in total. The van der Waals surface area contributed by atoms with Crippen molar-refractivity contribution in [3.8, 4) is 0 Å². The van der Waals surface area contributed by atoms with Gasteiger partial charge in [-0.15, -0.1) is 0 Å². The van der Waals surface area contributed by atoms with E-state index in [1.807, 2.05) is 0 Å². The summed E-state index contributed by atoms with van der Waals surface area (Å²) in [6.45, 7) is 0. The Hall–Kier alpha value is -0.0751. The van der Waals surface area contributed by atoms with E-state index < -0.39 is 47.3 Å². The van der Waals surface area contributed by atoms with Crippen molar-refractivity contribution < 1.29 is 56.3 Å². The molecule has 0 rings (SSSR count). The molecular formula is C7H14Cr2O6. The number of hydrogen-bond donors (Lipinski definition) is 2. The molecule has 0 aliphatic rings. The molecule has 0 fully saturated rings. The third-order valence-electron chi connectivity index (χ3n) is 1.12. The van der Waals surface area contributed by atoms with Crippen LogP contribution in [0.15, 0.2) is 0 Å². The van der Waals surface area contributed by atoms with Gasteiger partial charge < -0.3 is 0 Å². The van der Waals surface area contributed by atoms with E-state index in [2.05, 4.69) is 0 Å². The maximum absolute atomic E-state index is 11.0. The van der Waals surface area contributed by atoms with Crippen LogP contribution in [0, 0.1) is 0 Å². The van der Waals surface area contributed by atoms with Gasteiger partial charge in [0.05, 0.1) is 0 Å². The molecule has 0 bridgehead atoms. The summed E-state index contributed by atoms with van der Waals surface area (Å²) in [4.78, 5) is 22.1. The standard InChI is InChI=1S/C3H4O4.2CH3O.2CH3.2Cr/c4-2(5)1-3(6)7;2*1-2;;;;/h1H2,(H,4,5)(H,6,7);2*2H,1H2;2*1H3;;/q;;;;;2*+1/p-2. The van der Waals surface area contributed by atoms with E-state index in [-0.39, 0.29) is 10.9 Å². The molecule has 0 saturated carbocycles. The van der Waals surface area contributed by atoms with Crippen molar-refractivity contribution in [2.75, 3.05) is 10.9 Å². The Morgan fingerprint density at radius 1 is 1.00 bits per heavy atom.